The summed E-state index contributed by atoms with van der Waals surface area (Å²) in [5, 5.41) is 4.14. The predicted molar refractivity (Wildman–Crippen MR) is 90.7 cm³/mol. The molecule has 2 aromatic rings. The van der Waals surface area contributed by atoms with Crippen molar-refractivity contribution in [3.63, 3.8) is 0 Å². The molecule has 0 saturated heterocycles. The molecule has 0 bridgehead atoms. The number of thioether (sulfide) groups is 1. The summed E-state index contributed by atoms with van der Waals surface area (Å²) in [6.07, 6.45) is 0.418. The average Bonchev–Trinajstić information content (AvgIpc) is 2.81. The highest BCUT2D eigenvalue weighted by atomic mass is 32.2. The monoisotopic (exact) mass is 352 g/mol. The van der Waals surface area contributed by atoms with E-state index in [1.165, 1.54) is 17.8 Å². The summed E-state index contributed by atoms with van der Waals surface area (Å²) in [6.45, 7) is 5.38. The SMILES string of the molecule is Cc1noc(C)c1[C@@H]1C[C@@](C)(c2cc(N)cc(F)c2F)N=C(N)S1. The van der Waals surface area contributed by atoms with Crippen LogP contribution in [0.5, 0.6) is 0 Å². The van der Waals surface area contributed by atoms with Crippen molar-refractivity contribution in [1.29, 1.82) is 0 Å². The average molecular weight is 352 g/mol. The highest BCUT2D eigenvalue weighted by molar-refractivity contribution is 8.14. The second-order valence-corrected chi connectivity index (χ2v) is 7.36. The van der Waals surface area contributed by atoms with Crippen molar-refractivity contribution >= 4 is 22.6 Å². The third kappa shape index (κ3) is 2.75. The molecule has 1 aliphatic rings. The van der Waals surface area contributed by atoms with Gasteiger partial charge in [0.05, 0.1) is 11.2 Å². The summed E-state index contributed by atoms with van der Waals surface area (Å²) in [4.78, 5) is 4.39. The third-order valence-electron chi connectivity index (χ3n) is 4.24. The first-order valence-corrected chi connectivity index (χ1v) is 8.29. The summed E-state index contributed by atoms with van der Waals surface area (Å²) in [5.74, 6) is -1.26. The van der Waals surface area contributed by atoms with Crippen LogP contribution in [0.25, 0.3) is 0 Å². The number of aliphatic imine (C=N–C) groups is 1. The Kier molecular flexibility index (Phi) is 4.03. The standard InChI is InChI=1S/C16H18F2N4OS/c1-7-13(8(2)23-22-7)12-6-16(3,21-15(20)24-12)10-4-9(19)5-11(17)14(10)18/h4-5,12H,6,19H2,1-3H3,(H2,20,21)/t12-,16-/m0/s1. The summed E-state index contributed by atoms with van der Waals surface area (Å²) in [6, 6.07) is 2.37. The second-order valence-electron chi connectivity index (χ2n) is 6.14. The molecule has 4 N–H and O–H groups in total. The number of amidine groups is 1. The van der Waals surface area contributed by atoms with Crippen molar-refractivity contribution in [3.8, 4) is 0 Å². The summed E-state index contributed by atoms with van der Waals surface area (Å²) in [5.41, 5.74) is 12.5. The normalized spacial score (nSPS) is 24.0. The molecule has 3 rings (SSSR count). The second kappa shape index (κ2) is 5.77. The zero-order chi connectivity index (χ0) is 17.6. The zero-order valence-electron chi connectivity index (χ0n) is 13.6. The van der Waals surface area contributed by atoms with Gasteiger partial charge in [0.15, 0.2) is 16.8 Å². The lowest BCUT2D eigenvalue weighted by molar-refractivity contribution is 0.388. The van der Waals surface area contributed by atoms with Crippen molar-refractivity contribution in [2.75, 3.05) is 5.73 Å². The molecule has 0 aliphatic carbocycles. The Morgan fingerprint density at radius 1 is 1.29 bits per heavy atom. The minimum atomic E-state index is -1.03. The van der Waals surface area contributed by atoms with Gasteiger partial charge in [-0.2, -0.15) is 0 Å². The van der Waals surface area contributed by atoms with E-state index in [9.17, 15) is 8.78 Å². The summed E-state index contributed by atoms with van der Waals surface area (Å²) < 4.78 is 33.4. The van der Waals surface area contributed by atoms with E-state index in [1.807, 2.05) is 13.8 Å². The van der Waals surface area contributed by atoms with Gasteiger partial charge in [-0.15, -0.1) is 0 Å². The van der Waals surface area contributed by atoms with Gasteiger partial charge in [-0.1, -0.05) is 16.9 Å². The lowest BCUT2D eigenvalue weighted by atomic mass is 9.85. The Morgan fingerprint density at radius 3 is 2.62 bits per heavy atom. The maximum atomic E-state index is 14.4. The van der Waals surface area contributed by atoms with Crippen molar-refractivity contribution < 1.29 is 13.3 Å². The number of rotatable bonds is 2. The number of nitrogen functional groups attached to an aromatic ring is 1. The molecule has 1 aliphatic heterocycles. The Bertz CT molecular complexity index is 816. The van der Waals surface area contributed by atoms with Gasteiger partial charge in [0.2, 0.25) is 0 Å². The molecule has 1 aromatic heterocycles. The number of anilines is 1. The maximum Gasteiger partial charge on any atom is 0.164 e. The molecule has 0 amide bonds. The van der Waals surface area contributed by atoms with Gasteiger partial charge in [0.1, 0.15) is 5.76 Å². The van der Waals surface area contributed by atoms with Gasteiger partial charge in [-0.3, -0.25) is 4.99 Å². The molecule has 0 saturated carbocycles. The lowest BCUT2D eigenvalue weighted by Gasteiger charge is -2.35. The molecule has 0 radical (unpaired) electrons. The van der Waals surface area contributed by atoms with E-state index in [-0.39, 0.29) is 16.5 Å². The van der Waals surface area contributed by atoms with E-state index in [0.717, 1.165) is 17.3 Å². The van der Waals surface area contributed by atoms with Crippen LogP contribution >= 0.6 is 11.8 Å². The Balaban J connectivity index is 2.09. The van der Waals surface area contributed by atoms with Crippen LogP contribution in [0.4, 0.5) is 14.5 Å². The van der Waals surface area contributed by atoms with E-state index in [4.69, 9.17) is 16.0 Å². The predicted octanol–water partition coefficient (Wildman–Crippen LogP) is 3.56. The Labute approximate surface area is 142 Å². The number of benzene rings is 1. The molecule has 5 nitrogen and oxygen atoms in total. The van der Waals surface area contributed by atoms with Crippen LogP contribution < -0.4 is 11.5 Å². The topological polar surface area (TPSA) is 90.4 Å². The highest BCUT2D eigenvalue weighted by Crippen LogP contribution is 2.48. The van der Waals surface area contributed by atoms with Crippen LogP contribution in [0, 0.1) is 25.5 Å². The molecule has 2 atom stereocenters. The highest BCUT2D eigenvalue weighted by Gasteiger charge is 2.40. The quantitative estimate of drug-likeness (QED) is 0.807. The fourth-order valence-electron chi connectivity index (χ4n) is 3.15. The molecule has 0 unspecified atom stereocenters. The maximum absolute atomic E-state index is 14.4. The Hall–Kier alpha value is -2.09. The molecule has 0 spiro atoms. The van der Waals surface area contributed by atoms with Gasteiger partial charge in [-0.05, 0) is 39.3 Å². The molecule has 0 fully saturated rings. The molecule has 8 heteroatoms. The van der Waals surface area contributed by atoms with E-state index < -0.39 is 17.2 Å². The minimum absolute atomic E-state index is 0.0972. The first kappa shape index (κ1) is 16.8. The molecule has 1 aromatic carbocycles. The molecule has 2 heterocycles. The van der Waals surface area contributed by atoms with Crippen LogP contribution in [-0.4, -0.2) is 10.3 Å². The largest absolute Gasteiger partial charge is 0.399 e. The minimum Gasteiger partial charge on any atom is -0.399 e. The third-order valence-corrected chi connectivity index (χ3v) is 5.26. The van der Waals surface area contributed by atoms with Gasteiger partial charge < -0.3 is 16.0 Å². The van der Waals surface area contributed by atoms with Gasteiger partial charge >= 0.3 is 0 Å². The van der Waals surface area contributed by atoms with E-state index >= 15 is 0 Å². The van der Waals surface area contributed by atoms with Gasteiger partial charge in [0.25, 0.3) is 0 Å². The van der Waals surface area contributed by atoms with Crippen molar-refractivity contribution in [1.82, 2.24) is 5.16 Å². The van der Waals surface area contributed by atoms with Crippen LogP contribution in [0.1, 0.15) is 41.2 Å². The number of nitrogens with zero attached hydrogens (tertiary/aromatic N) is 2. The number of aromatic nitrogens is 1. The summed E-state index contributed by atoms with van der Waals surface area (Å²) in [7, 11) is 0. The van der Waals surface area contributed by atoms with Crippen molar-refractivity contribution in [2.24, 2.45) is 10.7 Å². The molecular formula is C16H18F2N4OS. The fraction of sp³-hybridized carbons (Fsp3) is 0.375. The van der Waals surface area contributed by atoms with Crippen molar-refractivity contribution in [2.45, 2.75) is 38.0 Å². The van der Waals surface area contributed by atoms with Gasteiger partial charge in [-0.25, -0.2) is 8.78 Å². The Morgan fingerprint density at radius 2 is 2.00 bits per heavy atom. The first-order chi connectivity index (χ1) is 11.2. The number of hydrogen-bond acceptors (Lipinski definition) is 6. The van der Waals surface area contributed by atoms with Crippen molar-refractivity contribution in [3.05, 3.63) is 46.3 Å². The number of halogens is 2. The van der Waals surface area contributed by atoms with Crippen LogP contribution in [0.15, 0.2) is 21.6 Å². The number of nitrogens with two attached hydrogens (primary N) is 2. The smallest absolute Gasteiger partial charge is 0.164 e. The van der Waals surface area contributed by atoms with Crippen LogP contribution in [0.2, 0.25) is 0 Å². The zero-order valence-corrected chi connectivity index (χ0v) is 14.4. The van der Waals surface area contributed by atoms with E-state index in [1.54, 1.807) is 6.92 Å². The first-order valence-electron chi connectivity index (χ1n) is 7.41. The lowest BCUT2D eigenvalue weighted by Crippen LogP contribution is -2.32. The molecular weight excluding hydrogens is 334 g/mol. The fourth-order valence-corrected chi connectivity index (χ4v) is 4.55. The van der Waals surface area contributed by atoms with E-state index in [0.29, 0.717) is 17.3 Å². The molecule has 128 valence electrons. The van der Waals surface area contributed by atoms with E-state index in [2.05, 4.69) is 10.1 Å². The number of hydrogen-bond donors (Lipinski definition) is 2. The van der Waals surface area contributed by atoms with Crippen LogP contribution in [0.3, 0.4) is 0 Å². The van der Waals surface area contributed by atoms with Gasteiger partial charge in [0, 0.05) is 22.1 Å². The van der Waals surface area contributed by atoms with Crippen LogP contribution in [-0.2, 0) is 5.54 Å². The number of aryl methyl sites for hydroxylation is 2. The summed E-state index contributed by atoms with van der Waals surface area (Å²) >= 11 is 1.36. The molecule has 24 heavy (non-hydrogen) atoms.